The molecule has 0 radical (unpaired) electrons. The highest BCUT2D eigenvalue weighted by Crippen LogP contribution is 2.12. The Morgan fingerprint density at radius 3 is 2.73 bits per heavy atom. The fourth-order valence-electron chi connectivity index (χ4n) is 1.56. The van der Waals surface area contributed by atoms with Crippen molar-refractivity contribution in [1.82, 2.24) is 9.88 Å². The molecule has 1 aliphatic heterocycles. The topological polar surface area (TPSA) is 28.2 Å². The van der Waals surface area contributed by atoms with Gasteiger partial charge in [0, 0.05) is 19.3 Å². The Bertz CT molecular complexity index is 346. The lowest BCUT2D eigenvalue weighted by molar-refractivity contribution is 0.528. The van der Waals surface area contributed by atoms with Gasteiger partial charge in [0.25, 0.3) is 0 Å². The van der Waals surface area contributed by atoms with Crippen LogP contribution >= 0.6 is 23.8 Å². The molecule has 0 aromatic carbocycles. The number of likely N-dealkylation sites (tertiary alicyclic amines) is 1. The molecule has 1 saturated heterocycles. The third-order valence-electron chi connectivity index (χ3n) is 2.36. The zero-order valence-corrected chi connectivity index (χ0v) is 9.81. The largest absolute Gasteiger partial charge is 0.349 e. The number of nitrogens with zero attached hydrogens (tertiary/aromatic N) is 2. The Balaban J connectivity index is 1.96. The molecule has 0 amide bonds. The van der Waals surface area contributed by atoms with E-state index < -0.39 is 0 Å². The van der Waals surface area contributed by atoms with E-state index in [0.717, 1.165) is 24.0 Å². The fourth-order valence-corrected chi connectivity index (χ4v) is 1.96. The van der Waals surface area contributed by atoms with E-state index >= 15 is 0 Å². The summed E-state index contributed by atoms with van der Waals surface area (Å²) in [6.45, 7) is 2.08. The minimum absolute atomic E-state index is 0.632. The van der Waals surface area contributed by atoms with Crippen molar-refractivity contribution in [2.45, 2.75) is 12.8 Å². The summed E-state index contributed by atoms with van der Waals surface area (Å²) < 4.78 is 0. The highest BCUT2D eigenvalue weighted by atomic mass is 35.5. The average Bonchev–Trinajstić information content (AvgIpc) is 2.74. The molecule has 1 fully saturated rings. The zero-order valence-electron chi connectivity index (χ0n) is 8.24. The minimum Gasteiger partial charge on any atom is -0.349 e. The number of halogens is 1. The number of thiocarbonyl (C=S) groups is 1. The molecule has 5 heteroatoms. The van der Waals surface area contributed by atoms with Crippen LogP contribution in [0.1, 0.15) is 12.8 Å². The summed E-state index contributed by atoms with van der Waals surface area (Å²) in [7, 11) is 0. The summed E-state index contributed by atoms with van der Waals surface area (Å²) >= 11 is 11.0. The molecule has 1 aromatic rings. The normalized spacial score (nSPS) is 15.4. The van der Waals surface area contributed by atoms with Crippen molar-refractivity contribution in [2.75, 3.05) is 18.4 Å². The average molecular weight is 242 g/mol. The Kier molecular flexibility index (Phi) is 3.38. The van der Waals surface area contributed by atoms with E-state index in [9.17, 15) is 0 Å². The molecular weight excluding hydrogens is 230 g/mol. The van der Waals surface area contributed by atoms with Gasteiger partial charge in [-0.1, -0.05) is 11.6 Å². The predicted molar refractivity (Wildman–Crippen MR) is 66.3 cm³/mol. The quantitative estimate of drug-likeness (QED) is 0.765. The van der Waals surface area contributed by atoms with Gasteiger partial charge in [-0.2, -0.15) is 0 Å². The standard InChI is InChI=1S/C10H12ClN3S/c11-8-3-4-9(12-7-8)13-10(15)14-5-1-2-6-14/h3-4,7H,1-2,5-6H2,(H,12,13,15). The number of rotatable bonds is 1. The molecule has 0 spiro atoms. The maximum atomic E-state index is 5.74. The van der Waals surface area contributed by atoms with Crippen molar-refractivity contribution in [2.24, 2.45) is 0 Å². The van der Waals surface area contributed by atoms with Crippen LogP contribution in [0.25, 0.3) is 0 Å². The summed E-state index contributed by atoms with van der Waals surface area (Å²) in [5, 5.41) is 4.48. The van der Waals surface area contributed by atoms with Crippen LogP contribution in [0.4, 0.5) is 5.82 Å². The number of hydrogen-bond donors (Lipinski definition) is 1. The Hall–Kier alpha value is -0.870. The smallest absolute Gasteiger partial charge is 0.174 e. The second-order valence-corrected chi connectivity index (χ2v) is 4.31. The van der Waals surface area contributed by atoms with Crippen LogP contribution in [0.2, 0.25) is 5.02 Å². The molecule has 1 aromatic heterocycles. The van der Waals surface area contributed by atoms with E-state index in [0.29, 0.717) is 5.02 Å². The maximum absolute atomic E-state index is 5.74. The Labute approximate surface area is 99.4 Å². The Morgan fingerprint density at radius 1 is 1.40 bits per heavy atom. The van der Waals surface area contributed by atoms with Crippen LogP contribution in [-0.2, 0) is 0 Å². The van der Waals surface area contributed by atoms with Crippen LogP contribution < -0.4 is 5.32 Å². The number of nitrogens with one attached hydrogen (secondary N) is 1. The molecule has 80 valence electrons. The van der Waals surface area contributed by atoms with Crippen molar-refractivity contribution >= 4 is 34.7 Å². The lowest BCUT2D eigenvalue weighted by Gasteiger charge is -2.18. The van der Waals surface area contributed by atoms with Gasteiger partial charge in [0.15, 0.2) is 5.11 Å². The van der Waals surface area contributed by atoms with Gasteiger partial charge in [-0.15, -0.1) is 0 Å². The SMILES string of the molecule is S=C(Nc1ccc(Cl)cn1)N1CCCC1. The van der Waals surface area contributed by atoms with Crippen molar-refractivity contribution in [3.05, 3.63) is 23.4 Å². The first kappa shape index (κ1) is 10.6. The van der Waals surface area contributed by atoms with E-state index in [4.69, 9.17) is 23.8 Å². The van der Waals surface area contributed by atoms with E-state index in [1.807, 2.05) is 6.07 Å². The van der Waals surface area contributed by atoms with Crippen LogP contribution in [-0.4, -0.2) is 28.1 Å². The summed E-state index contributed by atoms with van der Waals surface area (Å²) in [6, 6.07) is 3.62. The molecule has 1 N–H and O–H groups in total. The molecule has 3 nitrogen and oxygen atoms in total. The number of hydrogen-bond acceptors (Lipinski definition) is 2. The van der Waals surface area contributed by atoms with Gasteiger partial charge >= 0.3 is 0 Å². The molecule has 0 unspecified atom stereocenters. The van der Waals surface area contributed by atoms with Crippen molar-refractivity contribution in [3.8, 4) is 0 Å². The van der Waals surface area contributed by atoms with Gasteiger partial charge in [0.2, 0.25) is 0 Å². The molecule has 0 aliphatic carbocycles. The van der Waals surface area contributed by atoms with Crippen LogP contribution in [0.5, 0.6) is 0 Å². The second-order valence-electron chi connectivity index (χ2n) is 3.49. The first-order valence-corrected chi connectivity index (χ1v) is 5.72. The zero-order chi connectivity index (χ0) is 10.7. The summed E-state index contributed by atoms with van der Waals surface area (Å²) in [6.07, 6.45) is 4.04. The van der Waals surface area contributed by atoms with Gasteiger partial charge in [-0.25, -0.2) is 4.98 Å². The van der Waals surface area contributed by atoms with E-state index in [1.54, 1.807) is 12.3 Å². The van der Waals surface area contributed by atoms with Crippen molar-refractivity contribution < 1.29 is 0 Å². The highest BCUT2D eigenvalue weighted by molar-refractivity contribution is 7.80. The summed E-state index contributed by atoms with van der Waals surface area (Å²) in [5.74, 6) is 0.747. The van der Waals surface area contributed by atoms with Gasteiger partial charge in [0.05, 0.1) is 5.02 Å². The molecule has 15 heavy (non-hydrogen) atoms. The molecule has 2 rings (SSSR count). The lowest BCUT2D eigenvalue weighted by Crippen LogP contribution is -2.32. The van der Waals surface area contributed by atoms with E-state index in [-0.39, 0.29) is 0 Å². The Morgan fingerprint density at radius 2 is 2.13 bits per heavy atom. The third kappa shape index (κ3) is 2.79. The molecule has 0 atom stereocenters. The fraction of sp³-hybridized carbons (Fsp3) is 0.400. The van der Waals surface area contributed by atoms with E-state index in [1.165, 1.54) is 12.8 Å². The summed E-state index contributed by atoms with van der Waals surface area (Å²) in [4.78, 5) is 6.29. The van der Waals surface area contributed by atoms with Gasteiger partial charge in [-0.3, -0.25) is 0 Å². The molecular formula is C10H12ClN3S. The number of anilines is 1. The minimum atomic E-state index is 0.632. The first-order valence-electron chi connectivity index (χ1n) is 4.93. The molecule has 2 heterocycles. The lowest BCUT2D eigenvalue weighted by atomic mass is 10.4. The molecule has 0 saturated carbocycles. The third-order valence-corrected chi connectivity index (χ3v) is 2.94. The maximum Gasteiger partial charge on any atom is 0.174 e. The molecule has 0 bridgehead atoms. The van der Waals surface area contributed by atoms with E-state index in [2.05, 4.69) is 15.2 Å². The van der Waals surface area contributed by atoms with Crippen molar-refractivity contribution in [1.29, 1.82) is 0 Å². The molecule has 1 aliphatic rings. The predicted octanol–water partition coefficient (Wildman–Crippen LogP) is 2.53. The van der Waals surface area contributed by atoms with Crippen LogP contribution in [0.15, 0.2) is 18.3 Å². The van der Waals surface area contributed by atoms with Crippen molar-refractivity contribution in [3.63, 3.8) is 0 Å². The summed E-state index contributed by atoms with van der Waals surface area (Å²) in [5.41, 5.74) is 0. The van der Waals surface area contributed by atoms with Crippen LogP contribution in [0, 0.1) is 0 Å². The van der Waals surface area contributed by atoms with Crippen LogP contribution in [0.3, 0.4) is 0 Å². The van der Waals surface area contributed by atoms with Gasteiger partial charge in [0.1, 0.15) is 5.82 Å². The highest BCUT2D eigenvalue weighted by Gasteiger charge is 2.14. The number of pyridine rings is 1. The van der Waals surface area contributed by atoms with Gasteiger partial charge in [-0.05, 0) is 37.2 Å². The van der Waals surface area contributed by atoms with Gasteiger partial charge < -0.3 is 10.2 Å². The monoisotopic (exact) mass is 241 g/mol. The first-order chi connectivity index (χ1) is 7.25. The second kappa shape index (κ2) is 4.77. The number of aromatic nitrogens is 1.